The Bertz CT molecular complexity index is 579. The van der Waals surface area contributed by atoms with Crippen molar-refractivity contribution in [2.45, 2.75) is 6.04 Å². The normalized spacial score (nSPS) is 17.8. The molecule has 1 saturated heterocycles. The fourth-order valence-electron chi connectivity index (χ4n) is 1.87. The van der Waals surface area contributed by atoms with Crippen molar-refractivity contribution in [3.63, 3.8) is 0 Å². The highest BCUT2D eigenvalue weighted by atomic mass is 16.6. The van der Waals surface area contributed by atoms with Crippen LogP contribution in [0.2, 0.25) is 0 Å². The molecule has 1 unspecified atom stereocenters. The molecule has 0 saturated carbocycles. The Morgan fingerprint density at radius 3 is 2.86 bits per heavy atom. The van der Waals surface area contributed by atoms with Gasteiger partial charge in [-0.3, -0.25) is 25.0 Å². The first-order valence-corrected chi connectivity index (χ1v) is 6.14. The summed E-state index contributed by atoms with van der Waals surface area (Å²) in [5.74, 6) is -0.333. The van der Waals surface area contributed by atoms with Crippen molar-refractivity contribution in [3.8, 4) is 5.75 Å². The highest BCUT2D eigenvalue weighted by Crippen LogP contribution is 2.28. The van der Waals surface area contributed by atoms with Crippen molar-refractivity contribution in [3.05, 3.63) is 28.3 Å². The van der Waals surface area contributed by atoms with E-state index in [-0.39, 0.29) is 30.4 Å². The lowest BCUT2D eigenvalue weighted by molar-refractivity contribution is -0.384. The zero-order chi connectivity index (χ0) is 15.4. The largest absolute Gasteiger partial charge is 0.496 e. The highest BCUT2D eigenvalue weighted by molar-refractivity contribution is 5.98. The number of ether oxygens (including phenoxy) is 1. The van der Waals surface area contributed by atoms with Crippen LogP contribution in [0.4, 0.5) is 11.4 Å². The molecule has 1 aliphatic heterocycles. The molecule has 9 nitrogen and oxygen atoms in total. The number of hydrogen-bond acceptors (Lipinski definition) is 6. The van der Waals surface area contributed by atoms with E-state index in [1.807, 2.05) is 0 Å². The summed E-state index contributed by atoms with van der Waals surface area (Å²) in [7, 11) is 1.39. The van der Waals surface area contributed by atoms with Gasteiger partial charge in [0.05, 0.1) is 24.6 Å². The number of carbonyl (C=O) groups excluding carboxylic acids is 2. The van der Waals surface area contributed by atoms with Gasteiger partial charge in [0.15, 0.2) is 0 Å². The molecule has 0 bridgehead atoms. The van der Waals surface area contributed by atoms with Gasteiger partial charge in [-0.05, 0) is 12.1 Å². The van der Waals surface area contributed by atoms with E-state index in [2.05, 4.69) is 16.0 Å². The average molecular weight is 294 g/mol. The minimum Gasteiger partial charge on any atom is -0.496 e. The Kier molecular flexibility index (Phi) is 4.33. The van der Waals surface area contributed by atoms with Crippen LogP contribution < -0.4 is 20.7 Å². The molecule has 1 atom stereocenters. The van der Waals surface area contributed by atoms with E-state index in [0.29, 0.717) is 5.75 Å². The third kappa shape index (κ3) is 3.45. The van der Waals surface area contributed by atoms with Crippen molar-refractivity contribution in [2.24, 2.45) is 0 Å². The standard InChI is InChI=1S/C12H14N4O5/c1-21-7-2-3-8(10(4-7)16(19)20)15-12(18)9-5-14-11(17)6-13-9/h2-4,9,13H,5-6H2,1H3,(H,14,17)(H,15,18). The van der Waals surface area contributed by atoms with Crippen molar-refractivity contribution in [1.82, 2.24) is 10.6 Å². The summed E-state index contributed by atoms with van der Waals surface area (Å²) in [6.45, 7) is 0.164. The zero-order valence-electron chi connectivity index (χ0n) is 11.2. The first kappa shape index (κ1) is 14.7. The molecule has 2 amide bonds. The third-order valence-electron chi connectivity index (χ3n) is 2.99. The fraction of sp³-hybridized carbons (Fsp3) is 0.333. The predicted octanol–water partition coefficient (Wildman–Crippen LogP) is -0.370. The van der Waals surface area contributed by atoms with Crippen LogP contribution in [0.1, 0.15) is 0 Å². The van der Waals surface area contributed by atoms with Gasteiger partial charge in [0.25, 0.3) is 5.69 Å². The molecule has 1 fully saturated rings. The van der Waals surface area contributed by atoms with Crippen LogP contribution in [0.25, 0.3) is 0 Å². The van der Waals surface area contributed by atoms with Gasteiger partial charge in [0, 0.05) is 6.54 Å². The topological polar surface area (TPSA) is 123 Å². The Labute approximate surface area is 119 Å². The van der Waals surface area contributed by atoms with Crippen LogP contribution in [0, 0.1) is 10.1 Å². The number of nitro benzene ring substituents is 1. The summed E-state index contributed by atoms with van der Waals surface area (Å²) >= 11 is 0. The molecule has 3 N–H and O–H groups in total. The van der Waals surface area contributed by atoms with Gasteiger partial charge >= 0.3 is 0 Å². The third-order valence-corrected chi connectivity index (χ3v) is 2.99. The van der Waals surface area contributed by atoms with Gasteiger partial charge in [-0.15, -0.1) is 0 Å². The van der Waals surface area contributed by atoms with Crippen molar-refractivity contribution < 1.29 is 19.2 Å². The smallest absolute Gasteiger partial charge is 0.296 e. The maximum atomic E-state index is 12.0. The van der Waals surface area contributed by atoms with Crippen LogP contribution in [-0.4, -0.2) is 43.0 Å². The maximum Gasteiger partial charge on any atom is 0.296 e. The summed E-state index contributed by atoms with van der Waals surface area (Å²) in [6, 6.07) is 3.50. The Balaban J connectivity index is 2.13. The van der Waals surface area contributed by atoms with Gasteiger partial charge < -0.3 is 15.4 Å². The molecule has 1 aliphatic rings. The number of methoxy groups -OCH3 is 1. The summed E-state index contributed by atoms with van der Waals surface area (Å²) in [6.07, 6.45) is 0. The number of nitrogens with one attached hydrogen (secondary N) is 3. The lowest BCUT2D eigenvalue weighted by atomic mass is 10.2. The molecule has 1 aromatic rings. The molecule has 0 aliphatic carbocycles. The molecule has 1 heterocycles. The summed E-state index contributed by atoms with van der Waals surface area (Å²) in [4.78, 5) is 33.4. The average Bonchev–Trinajstić information content (AvgIpc) is 2.48. The van der Waals surface area contributed by atoms with Gasteiger partial charge in [0.2, 0.25) is 11.8 Å². The molecule has 0 aromatic heterocycles. The predicted molar refractivity (Wildman–Crippen MR) is 73.1 cm³/mol. The molecular formula is C12H14N4O5. The van der Waals surface area contributed by atoms with Gasteiger partial charge in [-0.2, -0.15) is 0 Å². The summed E-state index contributed by atoms with van der Waals surface area (Å²) < 4.78 is 4.92. The Morgan fingerprint density at radius 1 is 1.52 bits per heavy atom. The number of rotatable bonds is 4. The van der Waals surface area contributed by atoms with Crippen molar-refractivity contribution in [2.75, 3.05) is 25.5 Å². The van der Waals surface area contributed by atoms with E-state index >= 15 is 0 Å². The lowest BCUT2D eigenvalue weighted by Gasteiger charge is -2.23. The number of benzene rings is 1. The molecule has 1 aromatic carbocycles. The number of amides is 2. The summed E-state index contributed by atoms with van der Waals surface area (Å²) in [5.41, 5.74) is -0.188. The van der Waals surface area contributed by atoms with Crippen LogP contribution in [0.15, 0.2) is 18.2 Å². The monoisotopic (exact) mass is 294 g/mol. The first-order valence-electron chi connectivity index (χ1n) is 6.14. The molecule has 112 valence electrons. The lowest BCUT2D eigenvalue weighted by Crippen LogP contribution is -2.56. The molecular weight excluding hydrogens is 280 g/mol. The molecule has 0 radical (unpaired) electrons. The second kappa shape index (κ2) is 6.18. The van der Waals surface area contributed by atoms with Crippen LogP contribution in [-0.2, 0) is 9.59 Å². The minimum absolute atomic E-state index is 0.0305. The molecule has 21 heavy (non-hydrogen) atoms. The van der Waals surface area contributed by atoms with Gasteiger partial charge in [0.1, 0.15) is 17.5 Å². The number of nitro groups is 1. The number of hydrogen-bond donors (Lipinski definition) is 3. The molecule has 9 heteroatoms. The number of anilines is 1. The zero-order valence-corrected chi connectivity index (χ0v) is 11.2. The summed E-state index contributed by atoms with van der Waals surface area (Å²) in [5, 5.41) is 18.8. The fourth-order valence-corrected chi connectivity index (χ4v) is 1.87. The first-order chi connectivity index (χ1) is 10.0. The van der Waals surface area contributed by atoms with E-state index in [1.54, 1.807) is 0 Å². The quantitative estimate of drug-likeness (QED) is 0.514. The van der Waals surface area contributed by atoms with Gasteiger partial charge in [-0.25, -0.2) is 0 Å². The molecule has 2 rings (SSSR count). The van der Waals surface area contributed by atoms with E-state index in [1.165, 1.54) is 25.3 Å². The maximum absolute atomic E-state index is 12.0. The number of piperazine rings is 1. The second-order valence-electron chi connectivity index (χ2n) is 4.37. The van der Waals surface area contributed by atoms with E-state index in [0.717, 1.165) is 0 Å². The van der Waals surface area contributed by atoms with E-state index in [9.17, 15) is 19.7 Å². The van der Waals surface area contributed by atoms with Crippen molar-refractivity contribution in [1.29, 1.82) is 0 Å². The van der Waals surface area contributed by atoms with Crippen LogP contribution in [0.5, 0.6) is 5.75 Å². The van der Waals surface area contributed by atoms with E-state index < -0.39 is 16.9 Å². The SMILES string of the molecule is COc1ccc(NC(=O)C2CNC(=O)CN2)c([N+](=O)[O-])c1. The Morgan fingerprint density at radius 2 is 2.29 bits per heavy atom. The van der Waals surface area contributed by atoms with Crippen LogP contribution in [0.3, 0.4) is 0 Å². The number of carbonyl (C=O) groups is 2. The van der Waals surface area contributed by atoms with Crippen LogP contribution >= 0.6 is 0 Å². The highest BCUT2D eigenvalue weighted by Gasteiger charge is 2.26. The van der Waals surface area contributed by atoms with E-state index in [4.69, 9.17) is 4.74 Å². The second-order valence-corrected chi connectivity index (χ2v) is 4.37. The molecule has 0 spiro atoms. The van der Waals surface area contributed by atoms with Crippen molar-refractivity contribution >= 4 is 23.2 Å². The minimum atomic E-state index is -0.635. The van der Waals surface area contributed by atoms with Gasteiger partial charge in [-0.1, -0.05) is 0 Å². The number of nitrogens with zero attached hydrogens (tertiary/aromatic N) is 1. The Hall–Kier alpha value is -2.68.